The predicted molar refractivity (Wildman–Crippen MR) is 66.0 cm³/mol. The van der Waals surface area contributed by atoms with Gasteiger partial charge in [0.25, 0.3) is 0 Å². The Kier molecular flexibility index (Phi) is 4.52. The number of hydrogen-bond acceptors (Lipinski definition) is 3. The average molecular weight is 237 g/mol. The van der Waals surface area contributed by atoms with Gasteiger partial charge in [0, 0.05) is 0 Å². The third kappa shape index (κ3) is 3.46. The first kappa shape index (κ1) is 13.5. The first-order valence-corrected chi connectivity index (χ1v) is 5.74. The number of carbonyl (C=O) groups is 1. The van der Waals surface area contributed by atoms with Gasteiger partial charge in [0.2, 0.25) is 0 Å². The minimum atomic E-state index is -1.36. The van der Waals surface area contributed by atoms with Crippen LogP contribution in [0.2, 0.25) is 0 Å². The van der Waals surface area contributed by atoms with Crippen LogP contribution in [0, 0.1) is 0 Å². The molecule has 1 rings (SSSR count). The molecule has 0 aliphatic rings. The first-order valence-electron chi connectivity index (χ1n) is 5.74. The molecule has 0 saturated heterocycles. The van der Waals surface area contributed by atoms with Gasteiger partial charge < -0.3 is 15.6 Å². The van der Waals surface area contributed by atoms with Gasteiger partial charge in [0.05, 0.1) is 6.61 Å². The van der Waals surface area contributed by atoms with Gasteiger partial charge in [-0.25, -0.2) is 4.79 Å². The van der Waals surface area contributed by atoms with Crippen molar-refractivity contribution < 1.29 is 14.6 Å². The van der Waals surface area contributed by atoms with Gasteiger partial charge >= 0.3 is 5.97 Å². The molecule has 0 heterocycles. The quantitative estimate of drug-likeness (QED) is 0.743. The number of aliphatic carboxylic acids is 1. The van der Waals surface area contributed by atoms with Crippen molar-refractivity contribution in [2.24, 2.45) is 5.73 Å². The Morgan fingerprint density at radius 1 is 1.41 bits per heavy atom. The van der Waals surface area contributed by atoms with Crippen LogP contribution in [-0.4, -0.2) is 17.7 Å². The Bertz CT molecular complexity index is 371. The highest BCUT2D eigenvalue weighted by Crippen LogP contribution is 2.21. The van der Waals surface area contributed by atoms with Gasteiger partial charge in [-0.2, -0.15) is 0 Å². The molecule has 0 aliphatic heterocycles. The maximum atomic E-state index is 11.0. The molecule has 1 aromatic carbocycles. The summed E-state index contributed by atoms with van der Waals surface area (Å²) < 4.78 is 5.49. The van der Waals surface area contributed by atoms with Crippen LogP contribution in [-0.2, 0) is 10.3 Å². The molecule has 3 N–H and O–H groups in total. The molecule has 4 heteroatoms. The molecule has 0 radical (unpaired) electrons. The van der Waals surface area contributed by atoms with E-state index in [1.807, 2.05) is 0 Å². The van der Waals surface area contributed by atoms with E-state index in [0.717, 1.165) is 18.6 Å². The summed E-state index contributed by atoms with van der Waals surface area (Å²) >= 11 is 0. The van der Waals surface area contributed by atoms with Crippen LogP contribution in [0.5, 0.6) is 5.75 Å². The van der Waals surface area contributed by atoms with E-state index in [0.29, 0.717) is 12.2 Å². The maximum absolute atomic E-state index is 11.0. The molecule has 0 fully saturated rings. The number of hydrogen-bond donors (Lipinski definition) is 2. The van der Waals surface area contributed by atoms with E-state index < -0.39 is 11.5 Å². The average Bonchev–Trinajstić information content (AvgIpc) is 2.30. The zero-order valence-corrected chi connectivity index (χ0v) is 10.3. The molecule has 0 saturated carbocycles. The lowest BCUT2D eigenvalue weighted by Crippen LogP contribution is -2.41. The molecular weight excluding hydrogens is 218 g/mol. The van der Waals surface area contributed by atoms with Gasteiger partial charge in [0.15, 0.2) is 0 Å². The molecule has 1 aromatic rings. The molecule has 0 bridgehead atoms. The van der Waals surface area contributed by atoms with E-state index >= 15 is 0 Å². The van der Waals surface area contributed by atoms with Gasteiger partial charge in [-0.1, -0.05) is 25.5 Å². The van der Waals surface area contributed by atoms with E-state index in [9.17, 15) is 4.79 Å². The fourth-order valence-corrected chi connectivity index (χ4v) is 1.36. The number of benzene rings is 1. The lowest BCUT2D eigenvalue weighted by molar-refractivity contribution is -0.143. The van der Waals surface area contributed by atoms with Gasteiger partial charge in [-0.05, 0) is 31.0 Å². The van der Waals surface area contributed by atoms with Crippen LogP contribution in [0.1, 0.15) is 32.3 Å². The molecule has 1 atom stereocenters. The second kappa shape index (κ2) is 5.68. The van der Waals surface area contributed by atoms with Gasteiger partial charge in [-0.3, -0.25) is 0 Å². The van der Waals surface area contributed by atoms with Crippen molar-refractivity contribution >= 4 is 5.97 Å². The lowest BCUT2D eigenvalue weighted by Gasteiger charge is -2.19. The molecule has 94 valence electrons. The summed E-state index contributed by atoms with van der Waals surface area (Å²) in [4.78, 5) is 11.0. The van der Waals surface area contributed by atoms with E-state index in [1.54, 1.807) is 24.3 Å². The Hall–Kier alpha value is -1.55. The van der Waals surface area contributed by atoms with Gasteiger partial charge in [-0.15, -0.1) is 0 Å². The molecule has 0 amide bonds. The Morgan fingerprint density at radius 3 is 2.47 bits per heavy atom. The summed E-state index contributed by atoms with van der Waals surface area (Å²) in [5.74, 6) is -0.305. The number of unbranched alkanes of at least 4 members (excludes halogenated alkanes) is 1. The van der Waals surface area contributed by atoms with Gasteiger partial charge in [0.1, 0.15) is 11.3 Å². The number of carboxylic acids is 1. The highest BCUT2D eigenvalue weighted by Gasteiger charge is 2.29. The largest absolute Gasteiger partial charge is 0.494 e. The summed E-state index contributed by atoms with van der Waals surface area (Å²) in [6.45, 7) is 4.25. The second-order valence-electron chi connectivity index (χ2n) is 4.23. The van der Waals surface area contributed by atoms with E-state index in [1.165, 1.54) is 6.92 Å². The second-order valence-corrected chi connectivity index (χ2v) is 4.23. The van der Waals surface area contributed by atoms with E-state index in [2.05, 4.69) is 6.92 Å². The number of nitrogens with two attached hydrogens (primary N) is 1. The van der Waals surface area contributed by atoms with Crippen LogP contribution in [0.25, 0.3) is 0 Å². The molecule has 17 heavy (non-hydrogen) atoms. The standard InChI is InChI=1S/C13H19NO3/c1-3-4-9-17-11-7-5-10(6-8-11)13(2,14)12(15)16/h5-8H,3-4,9,14H2,1-2H3,(H,15,16). The fourth-order valence-electron chi connectivity index (χ4n) is 1.36. The highest BCUT2D eigenvalue weighted by molar-refractivity contribution is 5.79. The zero-order valence-electron chi connectivity index (χ0n) is 10.3. The van der Waals surface area contributed by atoms with E-state index in [4.69, 9.17) is 15.6 Å². The van der Waals surface area contributed by atoms with Crippen molar-refractivity contribution in [1.82, 2.24) is 0 Å². The summed E-state index contributed by atoms with van der Waals surface area (Å²) in [5, 5.41) is 8.98. The van der Waals surface area contributed by atoms with Crippen molar-refractivity contribution in [3.8, 4) is 5.75 Å². The predicted octanol–water partition coefficient (Wildman–Crippen LogP) is 2.12. The summed E-state index contributed by atoms with van der Waals surface area (Å²) in [7, 11) is 0. The molecule has 4 nitrogen and oxygen atoms in total. The first-order chi connectivity index (χ1) is 7.98. The zero-order chi connectivity index (χ0) is 12.9. The Balaban J connectivity index is 2.71. The van der Waals surface area contributed by atoms with Crippen molar-refractivity contribution in [2.45, 2.75) is 32.2 Å². The van der Waals surface area contributed by atoms with Crippen LogP contribution in [0.4, 0.5) is 0 Å². The van der Waals surface area contributed by atoms with Crippen LogP contribution < -0.4 is 10.5 Å². The maximum Gasteiger partial charge on any atom is 0.328 e. The van der Waals surface area contributed by atoms with E-state index in [-0.39, 0.29) is 0 Å². The SMILES string of the molecule is CCCCOc1ccc(C(C)(N)C(=O)O)cc1. The molecule has 1 unspecified atom stereocenters. The summed E-state index contributed by atoms with van der Waals surface area (Å²) in [5.41, 5.74) is 4.92. The number of ether oxygens (including phenoxy) is 1. The minimum Gasteiger partial charge on any atom is -0.494 e. The normalized spacial score (nSPS) is 14.1. The topological polar surface area (TPSA) is 72.5 Å². The fraction of sp³-hybridized carbons (Fsp3) is 0.462. The van der Waals surface area contributed by atoms with Crippen LogP contribution in [0.15, 0.2) is 24.3 Å². The highest BCUT2D eigenvalue weighted by atomic mass is 16.5. The third-order valence-corrected chi connectivity index (χ3v) is 2.66. The molecular formula is C13H19NO3. The smallest absolute Gasteiger partial charge is 0.328 e. The molecule has 0 aromatic heterocycles. The number of carboxylic acid groups (broad SMARTS) is 1. The monoisotopic (exact) mass is 237 g/mol. The Labute approximate surface area is 101 Å². The van der Waals surface area contributed by atoms with Crippen molar-refractivity contribution in [3.63, 3.8) is 0 Å². The summed E-state index contributed by atoms with van der Waals surface area (Å²) in [6, 6.07) is 6.88. The summed E-state index contributed by atoms with van der Waals surface area (Å²) in [6.07, 6.45) is 2.09. The Morgan fingerprint density at radius 2 is 2.00 bits per heavy atom. The minimum absolute atomic E-state index is 0.563. The van der Waals surface area contributed by atoms with Crippen molar-refractivity contribution in [2.75, 3.05) is 6.61 Å². The third-order valence-electron chi connectivity index (χ3n) is 2.66. The van der Waals surface area contributed by atoms with Crippen molar-refractivity contribution in [1.29, 1.82) is 0 Å². The van der Waals surface area contributed by atoms with Crippen LogP contribution in [0.3, 0.4) is 0 Å². The van der Waals surface area contributed by atoms with Crippen LogP contribution >= 0.6 is 0 Å². The molecule has 0 aliphatic carbocycles. The molecule has 0 spiro atoms. The van der Waals surface area contributed by atoms with Crippen molar-refractivity contribution in [3.05, 3.63) is 29.8 Å². The number of rotatable bonds is 6. The lowest BCUT2D eigenvalue weighted by atomic mass is 9.93.